The standard InChI is InChI=1S/C5H11O.Sn.H/c1-4-6-5(2)3;;/h4-5H,1-3H3;;. The zero-order chi connectivity index (χ0) is 5.86. The van der Waals surface area contributed by atoms with Gasteiger partial charge in [-0.1, -0.05) is 0 Å². The molecule has 0 aliphatic heterocycles. The maximum atomic E-state index is 5.31. The van der Waals surface area contributed by atoms with Crippen LogP contribution in [-0.2, 0) is 4.74 Å². The average Bonchev–Trinajstić information content (AvgIpc) is 1.27. The van der Waals surface area contributed by atoms with Crippen LogP contribution in [-0.4, -0.2) is 32.7 Å². The molecule has 0 rings (SSSR count). The Labute approximate surface area is 58.5 Å². The van der Waals surface area contributed by atoms with Crippen LogP contribution in [0.15, 0.2) is 0 Å². The predicted molar refractivity (Wildman–Crippen MR) is 32.8 cm³/mol. The third-order valence-corrected chi connectivity index (χ3v) is 0.935. The molecule has 42 valence electrons. The summed E-state index contributed by atoms with van der Waals surface area (Å²) < 4.78 is 5.81. The summed E-state index contributed by atoms with van der Waals surface area (Å²) in [5.41, 5.74) is 0. The molecule has 0 bridgehead atoms. The van der Waals surface area contributed by atoms with E-state index in [9.17, 15) is 0 Å². The van der Waals surface area contributed by atoms with Crippen molar-refractivity contribution in [2.24, 2.45) is 0 Å². The van der Waals surface area contributed by atoms with Gasteiger partial charge in [-0.05, 0) is 0 Å². The van der Waals surface area contributed by atoms with Gasteiger partial charge in [0.25, 0.3) is 0 Å². The van der Waals surface area contributed by atoms with E-state index in [-0.39, 0.29) is 0 Å². The predicted octanol–water partition coefficient (Wildman–Crippen LogP) is 0.658. The van der Waals surface area contributed by atoms with Gasteiger partial charge in [0.2, 0.25) is 0 Å². The van der Waals surface area contributed by atoms with Crippen LogP contribution in [0.1, 0.15) is 20.8 Å². The van der Waals surface area contributed by atoms with Crippen molar-refractivity contribution in [3.63, 3.8) is 0 Å². The molecule has 1 unspecified atom stereocenters. The minimum absolute atomic E-state index is 0.407. The maximum absolute atomic E-state index is 5.31. The molecular formula is C5H12OSn. The second-order valence-electron chi connectivity index (χ2n) is 1.89. The molecule has 0 amide bonds. The first-order chi connectivity index (χ1) is 3.13. The van der Waals surface area contributed by atoms with Crippen LogP contribution in [0.4, 0.5) is 0 Å². The van der Waals surface area contributed by atoms with Gasteiger partial charge in [0.05, 0.1) is 0 Å². The first kappa shape index (κ1) is 7.76. The second-order valence-corrected chi connectivity index (χ2v) is 4.57. The fraction of sp³-hybridized carbons (Fsp3) is 1.00. The molecule has 0 spiro atoms. The zero-order valence-electron chi connectivity index (χ0n) is 5.14. The molecule has 0 N–H and O–H groups in total. The Morgan fingerprint density at radius 2 is 1.71 bits per heavy atom. The summed E-state index contributed by atoms with van der Waals surface area (Å²) in [7, 11) is 0. The summed E-state index contributed by atoms with van der Waals surface area (Å²) in [6.07, 6.45) is 0.407. The van der Waals surface area contributed by atoms with Crippen LogP contribution in [0.25, 0.3) is 0 Å². The summed E-state index contributed by atoms with van der Waals surface area (Å²) in [5, 5.41) is 0. The first-order valence-electron chi connectivity index (χ1n) is 2.54. The molecule has 2 heteroatoms. The third kappa shape index (κ3) is 6.76. The van der Waals surface area contributed by atoms with Crippen molar-refractivity contribution in [3.05, 3.63) is 0 Å². The van der Waals surface area contributed by atoms with Gasteiger partial charge >= 0.3 is 58.3 Å². The summed E-state index contributed by atoms with van der Waals surface area (Å²) in [6, 6.07) is 0. The van der Waals surface area contributed by atoms with Gasteiger partial charge in [0.1, 0.15) is 0 Å². The first-order valence-corrected chi connectivity index (χ1v) is 4.44. The molecule has 0 heterocycles. The van der Waals surface area contributed by atoms with Crippen molar-refractivity contribution >= 4 is 22.5 Å². The Morgan fingerprint density at radius 3 is 1.71 bits per heavy atom. The van der Waals surface area contributed by atoms with E-state index < -0.39 is 0 Å². The second kappa shape index (κ2) is 3.72. The van der Waals surface area contributed by atoms with Crippen LogP contribution in [0, 0.1) is 0 Å². The van der Waals surface area contributed by atoms with E-state index in [1.54, 1.807) is 0 Å². The van der Waals surface area contributed by atoms with Gasteiger partial charge in [-0.25, -0.2) is 0 Å². The van der Waals surface area contributed by atoms with Gasteiger partial charge in [0.15, 0.2) is 0 Å². The van der Waals surface area contributed by atoms with E-state index in [1.807, 2.05) is 0 Å². The average molecular weight is 207 g/mol. The molecule has 0 aromatic heterocycles. The third-order valence-electron chi connectivity index (χ3n) is 0.487. The topological polar surface area (TPSA) is 9.23 Å². The fourth-order valence-corrected chi connectivity index (χ4v) is 1.33. The minimum atomic E-state index is 0.407. The Hall–Kier alpha value is 0.759. The number of hydrogen-bond donors (Lipinski definition) is 0. The monoisotopic (exact) mass is 208 g/mol. The number of rotatable bonds is 2. The van der Waals surface area contributed by atoms with Gasteiger partial charge in [-0.3, -0.25) is 0 Å². The summed E-state index contributed by atoms with van der Waals surface area (Å²) in [6.45, 7) is 6.22. The Kier molecular flexibility index (Phi) is 4.13. The quantitative estimate of drug-likeness (QED) is 0.604. The molecule has 0 aliphatic carbocycles. The Balaban J connectivity index is 2.95. The summed E-state index contributed by atoms with van der Waals surface area (Å²) in [4.78, 5) is 0. The molecule has 0 aliphatic rings. The van der Waals surface area contributed by atoms with Crippen LogP contribution in [0.3, 0.4) is 0 Å². The van der Waals surface area contributed by atoms with Crippen LogP contribution >= 0.6 is 0 Å². The summed E-state index contributed by atoms with van der Waals surface area (Å²) in [5.74, 6) is 0. The Morgan fingerprint density at radius 1 is 1.29 bits per heavy atom. The molecular weight excluding hydrogens is 195 g/mol. The van der Waals surface area contributed by atoms with Gasteiger partial charge in [-0.2, -0.15) is 0 Å². The van der Waals surface area contributed by atoms with E-state index in [4.69, 9.17) is 4.74 Å². The molecule has 2 radical (unpaired) electrons. The van der Waals surface area contributed by atoms with Gasteiger partial charge in [-0.15, -0.1) is 0 Å². The van der Waals surface area contributed by atoms with E-state index >= 15 is 0 Å². The number of ether oxygens (including phenoxy) is 1. The van der Waals surface area contributed by atoms with Gasteiger partial charge < -0.3 is 0 Å². The van der Waals surface area contributed by atoms with Crippen molar-refractivity contribution in [2.45, 2.75) is 31.0 Å². The summed E-state index contributed by atoms with van der Waals surface area (Å²) >= 11 is 1.20. The molecule has 0 aromatic carbocycles. The van der Waals surface area contributed by atoms with Crippen LogP contribution in [0.2, 0.25) is 0 Å². The van der Waals surface area contributed by atoms with Crippen LogP contribution < -0.4 is 0 Å². The molecule has 1 atom stereocenters. The molecule has 0 aromatic rings. The molecule has 0 saturated heterocycles. The SMILES string of the molecule is CC(C)O[CH](C)[SnH]. The molecule has 1 nitrogen and oxygen atoms in total. The normalized spacial score (nSPS) is 15.0. The van der Waals surface area contributed by atoms with Crippen LogP contribution in [0.5, 0.6) is 0 Å². The van der Waals surface area contributed by atoms with Gasteiger partial charge in [0, 0.05) is 0 Å². The van der Waals surface area contributed by atoms with Crippen molar-refractivity contribution < 1.29 is 4.74 Å². The van der Waals surface area contributed by atoms with Crippen molar-refractivity contribution in [3.8, 4) is 0 Å². The Bertz CT molecular complexity index is 37.3. The van der Waals surface area contributed by atoms with Crippen molar-refractivity contribution in [1.29, 1.82) is 0 Å². The van der Waals surface area contributed by atoms with E-state index in [0.717, 1.165) is 0 Å². The molecule has 0 saturated carbocycles. The van der Waals surface area contributed by atoms with E-state index in [1.165, 1.54) is 22.5 Å². The van der Waals surface area contributed by atoms with Crippen molar-refractivity contribution in [1.82, 2.24) is 0 Å². The molecule has 0 fully saturated rings. The van der Waals surface area contributed by atoms with Crippen molar-refractivity contribution in [2.75, 3.05) is 0 Å². The van der Waals surface area contributed by atoms with E-state index in [0.29, 0.717) is 10.2 Å². The number of hydrogen-bond acceptors (Lipinski definition) is 1. The fourth-order valence-electron chi connectivity index (χ4n) is 0.429. The zero-order valence-corrected chi connectivity index (χ0v) is 8.44. The molecule has 7 heavy (non-hydrogen) atoms. The van der Waals surface area contributed by atoms with E-state index in [2.05, 4.69) is 20.8 Å².